The Hall–Kier alpha value is -4.18. The average molecular weight is 430 g/mol. The van der Waals surface area contributed by atoms with Crippen molar-refractivity contribution in [2.75, 3.05) is 11.4 Å². The molecule has 6 rings (SSSR count). The molecule has 0 unspecified atom stereocenters. The lowest BCUT2D eigenvalue weighted by Gasteiger charge is -2.22. The van der Waals surface area contributed by atoms with Crippen molar-refractivity contribution >= 4 is 22.3 Å². The molecule has 0 N–H and O–H groups in total. The van der Waals surface area contributed by atoms with E-state index in [0.29, 0.717) is 0 Å². The molecular weight excluding hydrogens is 406 g/mol. The van der Waals surface area contributed by atoms with Crippen LogP contribution in [0.2, 0.25) is 0 Å². The molecule has 33 heavy (non-hydrogen) atoms. The molecule has 0 radical (unpaired) electrons. The van der Waals surface area contributed by atoms with Gasteiger partial charge in [-0.2, -0.15) is 0 Å². The zero-order valence-electron chi connectivity index (χ0n) is 18.4. The molecule has 0 fully saturated rings. The van der Waals surface area contributed by atoms with Crippen molar-refractivity contribution in [2.24, 2.45) is 0 Å². The van der Waals surface area contributed by atoms with Gasteiger partial charge in [-0.15, -0.1) is 0 Å². The number of benzene rings is 3. The first-order valence-corrected chi connectivity index (χ1v) is 11.2. The number of aromatic nitrogens is 2. The number of pyridine rings is 2. The van der Waals surface area contributed by atoms with Gasteiger partial charge in [0.15, 0.2) is 0 Å². The standard InChI is InChI=1S/C29H23N3O/c1-20-26-15-17-32(23-11-9-21(10-12-23)22-6-5-16-30-19-22)29(26)27-18-25(13-14-28(27)31-20)33-24-7-3-2-4-8-24/h2-14,16,18-19H,15,17H2,1H3. The summed E-state index contributed by atoms with van der Waals surface area (Å²) in [5, 5.41) is 1.12. The summed E-state index contributed by atoms with van der Waals surface area (Å²) in [6, 6.07) is 28.9. The zero-order chi connectivity index (χ0) is 22.2. The molecule has 2 aromatic heterocycles. The molecule has 5 aromatic rings. The minimum Gasteiger partial charge on any atom is -0.457 e. The third-order valence-electron chi connectivity index (χ3n) is 6.24. The summed E-state index contributed by atoms with van der Waals surface area (Å²) in [7, 11) is 0. The Labute approximate surface area is 193 Å². The third-order valence-corrected chi connectivity index (χ3v) is 6.24. The van der Waals surface area contributed by atoms with E-state index in [9.17, 15) is 0 Å². The summed E-state index contributed by atoms with van der Waals surface area (Å²) in [4.78, 5) is 11.5. The Kier molecular flexibility index (Phi) is 4.76. The highest BCUT2D eigenvalue weighted by Crippen LogP contribution is 2.42. The number of fused-ring (bicyclic) bond motifs is 3. The van der Waals surface area contributed by atoms with Gasteiger partial charge in [-0.3, -0.25) is 9.97 Å². The zero-order valence-corrected chi connectivity index (χ0v) is 18.4. The Balaban J connectivity index is 1.41. The van der Waals surface area contributed by atoms with Gasteiger partial charge in [0, 0.05) is 35.7 Å². The molecule has 1 aliphatic heterocycles. The molecule has 0 spiro atoms. The van der Waals surface area contributed by atoms with Crippen LogP contribution in [0.4, 0.5) is 11.4 Å². The SMILES string of the molecule is Cc1nc2ccc(Oc3ccccc3)cc2c2c1CCN2c1ccc(-c2cccnc2)cc1. The predicted molar refractivity (Wildman–Crippen MR) is 133 cm³/mol. The fourth-order valence-corrected chi connectivity index (χ4v) is 4.64. The fourth-order valence-electron chi connectivity index (χ4n) is 4.64. The van der Waals surface area contributed by atoms with E-state index in [1.54, 1.807) is 6.20 Å². The second-order valence-electron chi connectivity index (χ2n) is 8.31. The Bertz CT molecular complexity index is 1430. The van der Waals surface area contributed by atoms with Gasteiger partial charge in [-0.1, -0.05) is 36.4 Å². The van der Waals surface area contributed by atoms with Gasteiger partial charge in [0.05, 0.1) is 11.2 Å². The summed E-state index contributed by atoms with van der Waals surface area (Å²) < 4.78 is 6.13. The lowest BCUT2D eigenvalue weighted by atomic mass is 10.1. The van der Waals surface area contributed by atoms with Crippen molar-refractivity contribution in [3.63, 3.8) is 0 Å². The van der Waals surface area contributed by atoms with E-state index in [4.69, 9.17) is 9.72 Å². The number of para-hydroxylation sites is 1. The molecule has 1 aliphatic rings. The van der Waals surface area contributed by atoms with Crippen LogP contribution in [-0.4, -0.2) is 16.5 Å². The van der Waals surface area contributed by atoms with Gasteiger partial charge in [-0.25, -0.2) is 0 Å². The average Bonchev–Trinajstić information content (AvgIpc) is 3.32. The highest BCUT2D eigenvalue weighted by Gasteiger charge is 2.26. The molecule has 0 aliphatic carbocycles. The van der Waals surface area contributed by atoms with E-state index in [0.717, 1.165) is 46.6 Å². The number of hydrogen-bond acceptors (Lipinski definition) is 4. The van der Waals surface area contributed by atoms with Gasteiger partial charge < -0.3 is 9.64 Å². The summed E-state index contributed by atoms with van der Waals surface area (Å²) in [5.41, 5.74) is 8.12. The number of aryl methyl sites for hydroxylation is 1. The monoisotopic (exact) mass is 429 g/mol. The Morgan fingerprint density at radius 2 is 1.67 bits per heavy atom. The van der Waals surface area contributed by atoms with Gasteiger partial charge in [0.2, 0.25) is 0 Å². The molecule has 3 aromatic carbocycles. The van der Waals surface area contributed by atoms with E-state index in [-0.39, 0.29) is 0 Å². The molecule has 0 atom stereocenters. The largest absolute Gasteiger partial charge is 0.457 e. The van der Waals surface area contributed by atoms with Crippen molar-refractivity contribution < 1.29 is 4.74 Å². The topological polar surface area (TPSA) is 38.2 Å². The quantitative estimate of drug-likeness (QED) is 0.306. The van der Waals surface area contributed by atoms with Crippen LogP contribution < -0.4 is 9.64 Å². The van der Waals surface area contributed by atoms with Crippen LogP contribution in [0.3, 0.4) is 0 Å². The molecule has 160 valence electrons. The van der Waals surface area contributed by atoms with Crippen LogP contribution >= 0.6 is 0 Å². The molecule has 0 bridgehead atoms. The van der Waals surface area contributed by atoms with E-state index >= 15 is 0 Å². The van der Waals surface area contributed by atoms with Crippen molar-refractivity contribution in [3.05, 3.63) is 109 Å². The predicted octanol–water partition coefficient (Wildman–Crippen LogP) is 7.09. The van der Waals surface area contributed by atoms with Gasteiger partial charge in [0.1, 0.15) is 11.5 Å². The molecule has 0 saturated carbocycles. The minimum absolute atomic E-state index is 0.820. The normalized spacial score (nSPS) is 12.7. The Morgan fingerprint density at radius 3 is 2.45 bits per heavy atom. The first-order valence-electron chi connectivity index (χ1n) is 11.2. The van der Waals surface area contributed by atoms with Crippen LogP contribution in [0, 0.1) is 6.92 Å². The van der Waals surface area contributed by atoms with Crippen molar-refractivity contribution in [2.45, 2.75) is 13.3 Å². The summed E-state index contributed by atoms with van der Waals surface area (Å²) in [6.07, 6.45) is 4.69. The molecule has 0 saturated heterocycles. The smallest absolute Gasteiger partial charge is 0.128 e. The second-order valence-corrected chi connectivity index (χ2v) is 8.31. The Morgan fingerprint density at radius 1 is 0.818 bits per heavy atom. The van der Waals surface area contributed by atoms with Crippen LogP contribution in [0.1, 0.15) is 11.3 Å². The lowest BCUT2D eigenvalue weighted by molar-refractivity contribution is 0.483. The molecule has 4 nitrogen and oxygen atoms in total. The lowest BCUT2D eigenvalue weighted by Crippen LogP contribution is -2.13. The highest BCUT2D eigenvalue weighted by molar-refractivity contribution is 5.98. The highest BCUT2D eigenvalue weighted by atomic mass is 16.5. The molecule has 3 heterocycles. The maximum absolute atomic E-state index is 6.13. The number of rotatable bonds is 4. The third kappa shape index (κ3) is 3.60. The molecule has 0 amide bonds. The maximum atomic E-state index is 6.13. The summed E-state index contributed by atoms with van der Waals surface area (Å²) >= 11 is 0. The number of nitrogens with zero attached hydrogens (tertiary/aromatic N) is 3. The number of anilines is 2. The number of ether oxygens (including phenoxy) is 1. The summed E-state index contributed by atoms with van der Waals surface area (Å²) in [5.74, 6) is 1.65. The first kappa shape index (κ1) is 19.5. The van der Waals surface area contributed by atoms with Crippen molar-refractivity contribution in [3.8, 4) is 22.6 Å². The minimum atomic E-state index is 0.820. The van der Waals surface area contributed by atoms with Crippen LogP contribution in [0.5, 0.6) is 11.5 Å². The first-order chi connectivity index (χ1) is 16.3. The molecule has 4 heteroatoms. The van der Waals surface area contributed by atoms with Gasteiger partial charge in [-0.05, 0) is 78.6 Å². The maximum Gasteiger partial charge on any atom is 0.128 e. The van der Waals surface area contributed by atoms with Crippen molar-refractivity contribution in [1.29, 1.82) is 0 Å². The molecular formula is C29H23N3O. The van der Waals surface area contributed by atoms with E-state index < -0.39 is 0 Å². The van der Waals surface area contributed by atoms with Crippen LogP contribution in [-0.2, 0) is 6.42 Å². The van der Waals surface area contributed by atoms with Crippen LogP contribution in [0.15, 0.2) is 97.3 Å². The summed E-state index contributed by atoms with van der Waals surface area (Å²) in [6.45, 7) is 3.05. The van der Waals surface area contributed by atoms with Crippen molar-refractivity contribution in [1.82, 2.24) is 9.97 Å². The second kappa shape index (κ2) is 8.06. The van der Waals surface area contributed by atoms with E-state index in [1.165, 1.54) is 22.5 Å². The van der Waals surface area contributed by atoms with E-state index in [1.807, 2.05) is 48.7 Å². The fraction of sp³-hybridized carbons (Fsp3) is 0.103. The van der Waals surface area contributed by atoms with E-state index in [2.05, 4.69) is 59.3 Å². The van der Waals surface area contributed by atoms with Gasteiger partial charge in [0.25, 0.3) is 0 Å². The van der Waals surface area contributed by atoms with Gasteiger partial charge >= 0.3 is 0 Å². The number of hydrogen-bond donors (Lipinski definition) is 0. The van der Waals surface area contributed by atoms with Crippen LogP contribution in [0.25, 0.3) is 22.0 Å².